The number of halogens is 1. The first-order valence-corrected chi connectivity index (χ1v) is 5.92. The predicted octanol–water partition coefficient (Wildman–Crippen LogP) is 2.82. The minimum atomic E-state index is -0.837. The normalized spacial score (nSPS) is 9.32. The Morgan fingerprint density at radius 1 is 1.05 bits per heavy atom. The van der Waals surface area contributed by atoms with Gasteiger partial charge in [0.2, 0.25) is 0 Å². The number of hydrogen-bond donors (Lipinski definition) is 3. The van der Waals surface area contributed by atoms with E-state index in [-0.39, 0.29) is 6.42 Å². The van der Waals surface area contributed by atoms with Gasteiger partial charge in [-0.1, -0.05) is 29.8 Å². The Morgan fingerprint density at radius 3 is 2.05 bits per heavy atom. The van der Waals surface area contributed by atoms with Crippen LogP contribution in [-0.4, -0.2) is 11.1 Å². The van der Waals surface area contributed by atoms with E-state index in [0.29, 0.717) is 16.4 Å². The van der Waals surface area contributed by atoms with E-state index in [4.69, 9.17) is 28.2 Å². The second-order valence-electron chi connectivity index (χ2n) is 3.87. The molecule has 5 heteroatoms. The van der Waals surface area contributed by atoms with Gasteiger partial charge in [0, 0.05) is 16.4 Å². The van der Waals surface area contributed by atoms with Crippen LogP contribution in [-0.2, 0) is 11.2 Å². The Labute approximate surface area is 116 Å². The fourth-order valence-electron chi connectivity index (χ4n) is 1.38. The lowest BCUT2D eigenvalue weighted by molar-refractivity contribution is -0.136. The van der Waals surface area contributed by atoms with Crippen molar-refractivity contribution >= 4 is 28.9 Å². The molecule has 2 rings (SSSR count). The molecule has 0 aliphatic carbocycles. The molecule has 0 saturated carbocycles. The van der Waals surface area contributed by atoms with E-state index < -0.39 is 5.97 Å². The summed E-state index contributed by atoms with van der Waals surface area (Å²) in [6.45, 7) is 0. The zero-order valence-electron chi connectivity index (χ0n) is 10.2. The van der Waals surface area contributed by atoms with Crippen molar-refractivity contribution in [3.8, 4) is 0 Å². The summed E-state index contributed by atoms with van der Waals surface area (Å²) in [6.07, 6.45) is 0.0328. The van der Waals surface area contributed by atoms with Gasteiger partial charge in [0.05, 0.1) is 6.42 Å². The van der Waals surface area contributed by atoms with E-state index in [0.717, 1.165) is 5.56 Å². The Kier molecular flexibility index (Phi) is 5.70. The van der Waals surface area contributed by atoms with Gasteiger partial charge in [0.25, 0.3) is 0 Å². The van der Waals surface area contributed by atoms with Gasteiger partial charge in [0.1, 0.15) is 0 Å². The van der Waals surface area contributed by atoms with Crippen molar-refractivity contribution in [1.29, 1.82) is 0 Å². The van der Waals surface area contributed by atoms with Crippen molar-refractivity contribution in [2.75, 3.05) is 11.5 Å². The van der Waals surface area contributed by atoms with Crippen molar-refractivity contribution in [2.24, 2.45) is 0 Å². The monoisotopic (exact) mass is 278 g/mol. The molecule has 0 fully saturated rings. The van der Waals surface area contributed by atoms with Crippen LogP contribution in [0.25, 0.3) is 0 Å². The number of carboxylic acid groups (broad SMARTS) is 1. The summed E-state index contributed by atoms with van der Waals surface area (Å²) < 4.78 is 0. The third-order valence-corrected chi connectivity index (χ3v) is 2.39. The molecule has 0 aromatic heterocycles. The highest BCUT2D eigenvalue weighted by molar-refractivity contribution is 6.30. The third kappa shape index (κ3) is 6.33. The molecule has 0 aliphatic rings. The minimum absolute atomic E-state index is 0.0328. The molecular weight excluding hydrogens is 264 g/mol. The number of aliphatic carboxylic acids is 1. The zero-order chi connectivity index (χ0) is 14.3. The molecule has 0 atom stereocenters. The van der Waals surface area contributed by atoms with E-state index in [1.54, 1.807) is 42.5 Å². The highest BCUT2D eigenvalue weighted by atomic mass is 35.5. The van der Waals surface area contributed by atoms with Crippen molar-refractivity contribution in [3.05, 3.63) is 59.1 Å². The van der Waals surface area contributed by atoms with Gasteiger partial charge in [-0.25, -0.2) is 0 Å². The first-order chi connectivity index (χ1) is 8.97. The van der Waals surface area contributed by atoms with Crippen molar-refractivity contribution in [2.45, 2.75) is 6.42 Å². The van der Waals surface area contributed by atoms with E-state index in [1.165, 1.54) is 0 Å². The summed E-state index contributed by atoms with van der Waals surface area (Å²) in [7, 11) is 0. The van der Waals surface area contributed by atoms with Crippen LogP contribution in [0, 0.1) is 0 Å². The van der Waals surface area contributed by atoms with Gasteiger partial charge < -0.3 is 16.6 Å². The average molecular weight is 279 g/mol. The molecule has 0 aliphatic heterocycles. The summed E-state index contributed by atoms with van der Waals surface area (Å²) in [5, 5.41) is 9.10. The number of nitrogen functional groups attached to an aromatic ring is 2. The molecular formula is C14H15ClN2O2. The largest absolute Gasteiger partial charge is 0.481 e. The molecule has 5 N–H and O–H groups in total. The van der Waals surface area contributed by atoms with Gasteiger partial charge in [-0.3, -0.25) is 4.79 Å². The van der Waals surface area contributed by atoms with Gasteiger partial charge in [-0.2, -0.15) is 0 Å². The fraction of sp³-hybridized carbons (Fsp3) is 0.0714. The van der Waals surface area contributed by atoms with Crippen molar-refractivity contribution < 1.29 is 9.90 Å². The van der Waals surface area contributed by atoms with Crippen LogP contribution < -0.4 is 11.5 Å². The van der Waals surface area contributed by atoms with Gasteiger partial charge >= 0.3 is 5.97 Å². The van der Waals surface area contributed by atoms with E-state index in [1.807, 2.05) is 6.07 Å². The van der Waals surface area contributed by atoms with Gasteiger partial charge in [0.15, 0.2) is 0 Å². The number of benzene rings is 2. The molecule has 0 unspecified atom stereocenters. The quantitative estimate of drug-likeness (QED) is 0.737. The SMILES string of the molecule is Nc1cccc(CC(=O)O)c1.Nc1cccc(Cl)c1. The maximum atomic E-state index is 10.2. The number of anilines is 2. The molecule has 0 amide bonds. The highest BCUT2D eigenvalue weighted by Gasteiger charge is 1.98. The Bertz CT molecular complexity index is 541. The molecule has 0 bridgehead atoms. The van der Waals surface area contributed by atoms with Gasteiger partial charge in [-0.05, 0) is 35.9 Å². The summed E-state index contributed by atoms with van der Waals surface area (Å²) in [6, 6.07) is 14.0. The first-order valence-electron chi connectivity index (χ1n) is 5.54. The smallest absolute Gasteiger partial charge is 0.307 e. The first kappa shape index (κ1) is 14.9. The van der Waals surface area contributed by atoms with E-state index in [2.05, 4.69) is 0 Å². The third-order valence-electron chi connectivity index (χ3n) is 2.16. The summed E-state index contributed by atoms with van der Waals surface area (Å²) in [5.74, 6) is -0.837. The number of carboxylic acids is 1. The fourth-order valence-corrected chi connectivity index (χ4v) is 1.58. The molecule has 100 valence electrons. The topological polar surface area (TPSA) is 89.3 Å². The molecule has 2 aromatic rings. The van der Waals surface area contributed by atoms with Crippen LogP contribution in [0.5, 0.6) is 0 Å². The maximum absolute atomic E-state index is 10.2. The second kappa shape index (κ2) is 7.28. The van der Waals surface area contributed by atoms with E-state index in [9.17, 15) is 4.79 Å². The molecule has 2 aromatic carbocycles. The molecule has 0 heterocycles. The maximum Gasteiger partial charge on any atom is 0.307 e. The van der Waals surface area contributed by atoms with E-state index >= 15 is 0 Å². The molecule has 0 saturated heterocycles. The molecule has 19 heavy (non-hydrogen) atoms. The van der Waals surface area contributed by atoms with Crippen LogP contribution >= 0.6 is 11.6 Å². The number of hydrogen-bond acceptors (Lipinski definition) is 3. The molecule has 4 nitrogen and oxygen atoms in total. The van der Waals surface area contributed by atoms with Crippen molar-refractivity contribution in [1.82, 2.24) is 0 Å². The standard InChI is InChI=1S/C8H9NO2.C6H6ClN/c9-7-3-1-2-6(4-7)5-8(10)11;7-5-2-1-3-6(8)4-5/h1-4H,5,9H2,(H,10,11);1-4H,8H2. The lowest BCUT2D eigenvalue weighted by Crippen LogP contribution is -2.00. The van der Waals surface area contributed by atoms with Crippen molar-refractivity contribution in [3.63, 3.8) is 0 Å². The minimum Gasteiger partial charge on any atom is -0.481 e. The number of carbonyl (C=O) groups is 1. The highest BCUT2D eigenvalue weighted by Crippen LogP contribution is 2.10. The average Bonchev–Trinajstić information content (AvgIpc) is 2.28. The molecule has 0 spiro atoms. The second-order valence-corrected chi connectivity index (χ2v) is 4.31. The Balaban J connectivity index is 0.000000200. The number of rotatable bonds is 2. The summed E-state index contributed by atoms with van der Waals surface area (Å²) in [5.41, 5.74) is 12.9. The lowest BCUT2D eigenvalue weighted by Gasteiger charge is -1.96. The van der Waals surface area contributed by atoms with Gasteiger partial charge in [-0.15, -0.1) is 0 Å². The zero-order valence-corrected chi connectivity index (χ0v) is 11.0. The predicted molar refractivity (Wildman–Crippen MR) is 78.1 cm³/mol. The van der Waals surface area contributed by atoms with Crippen LogP contribution in [0.1, 0.15) is 5.56 Å². The van der Waals surface area contributed by atoms with Crippen LogP contribution in [0.2, 0.25) is 5.02 Å². The summed E-state index contributed by atoms with van der Waals surface area (Å²) >= 11 is 5.56. The Hall–Kier alpha value is -2.20. The van der Waals surface area contributed by atoms with Crippen LogP contribution in [0.3, 0.4) is 0 Å². The molecule has 0 radical (unpaired) electrons. The van der Waals surface area contributed by atoms with Crippen LogP contribution in [0.4, 0.5) is 11.4 Å². The lowest BCUT2D eigenvalue weighted by atomic mass is 10.1. The number of nitrogens with two attached hydrogens (primary N) is 2. The van der Waals surface area contributed by atoms with Crippen LogP contribution in [0.15, 0.2) is 48.5 Å². The Morgan fingerprint density at radius 2 is 1.63 bits per heavy atom. The summed E-state index contributed by atoms with van der Waals surface area (Å²) in [4.78, 5) is 10.2.